The van der Waals surface area contributed by atoms with Crippen molar-refractivity contribution in [2.75, 3.05) is 119 Å². The van der Waals surface area contributed by atoms with E-state index < -0.39 is 6.56 Å². The van der Waals surface area contributed by atoms with Crippen molar-refractivity contribution in [3.8, 4) is 5.75 Å². The van der Waals surface area contributed by atoms with Crippen LogP contribution in [0.3, 0.4) is 0 Å². The molecule has 0 radical (unpaired) electrons. The van der Waals surface area contributed by atoms with Crippen molar-refractivity contribution in [2.45, 2.75) is 58.3 Å². The summed E-state index contributed by atoms with van der Waals surface area (Å²) in [5.41, 5.74) is 1.28. The van der Waals surface area contributed by atoms with E-state index >= 15 is 0 Å². The minimum atomic E-state index is -1.91. The zero-order valence-electron chi connectivity index (χ0n) is 28.6. The highest BCUT2D eigenvalue weighted by molar-refractivity contribution is 5.27. The number of aryl methyl sites for hydroxylation is 1. The molecule has 0 aliphatic rings. The lowest BCUT2D eigenvalue weighted by Gasteiger charge is -2.09. The van der Waals surface area contributed by atoms with Crippen LogP contribution in [-0.2, 0) is 44.3 Å². The monoisotopic (exact) mass is 618 g/mol. The molecule has 10 nitrogen and oxygen atoms in total. The number of aliphatic hydroxyl groups excluding tert-OH is 1. The fourth-order valence-electron chi connectivity index (χ4n) is 3.85. The average molecular weight is 619 g/mol. The van der Waals surface area contributed by atoms with Gasteiger partial charge in [0.1, 0.15) is 12.4 Å². The number of unbranched alkanes of at least 4 members (excludes halogenated alkanes) is 6. The zero-order valence-corrected chi connectivity index (χ0v) is 26.6. The number of rotatable bonds is 35. The van der Waals surface area contributed by atoms with Gasteiger partial charge in [0.15, 0.2) is 0 Å². The van der Waals surface area contributed by atoms with E-state index in [4.69, 9.17) is 50.5 Å². The number of aliphatic hydroxyl groups is 1. The van der Waals surface area contributed by atoms with Crippen LogP contribution in [0.2, 0.25) is 0 Å². The van der Waals surface area contributed by atoms with E-state index in [0.717, 1.165) is 6.42 Å². The molecule has 0 saturated heterocycles. The number of ether oxygens (including phenoxy) is 9. The Morgan fingerprint density at radius 3 is 1.33 bits per heavy atom. The van der Waals surface area contributed by atoms with E-state index in [1.54, 1.807) is 0 Å². The summed E-state index contributed by atoms with van der Waals surface area (Å²) in [7, 11) is 0. The van der Waals surface area contributed by atoms with Crippen molar-refractivity contribution < 1.29 is 50.5 Å². The number of benzene rings is 1. The Bertz CT molecular complexity index is 743. The van der Waals surface area contributed by atoms with Crippen LogP contribution < -0.4 is 4.74 Å². The highest BCUT2D eigenvalue weighted by Gasteiger charge is 1.99. The van der Waals surface area contributed by atoms with Crippen LogP contribution in [0.15, 0.2) is 24.3 Å². The summed E-state index contributed by atoms with van der Waals surface area (Å²) in [5.74, 6) is 0.636. The fourth-order valence-corrected chi connectivity index (χ4v) is 3.85. The molecule has 0 amide bonds. The van der Waals surface area contributed by atoms with Crippen molar-refractivity contribution in [3.63, 3.8) is 0 Å². The minimum absolute atomic E-state index is 0.0199. The van der Waals surface area contributed by atoms with Gasteiger partial charge < -0.3 is 47.7 Å². The summed E-state index contributed by atoms with van der Waals surface area (Å²) < 4.78 is 64.6. The molecule has 10 heteroatoms. The van der Waals surface area contributed by atoms with E-state index in [1.807, 2.05) is 12.1 Å². The Hall–Kier alpha value is -1.34. The average Bonchev–Trinajstić information content (AvgIpc) is 3.04. The molecule has 0 heterocycles. The Labute approximate surface area is 263 Å². The van der Waals surface area contributed by atoms with Crippen LogP contribution in [0.4, 0.5) is 0 Å². The third-order valence-corrected chi connectivity index (χ3v) is 6.19. The molecule has 43 heavy (non-hydrogen) atoms. The van der Waals surface area contributed by atoms with Crippen molar-refractivity contribution in [2.24, 2.45) is 0 Å². The molecule has 0 aliphatic carbocycles. The molecule has 1 rings (SSSR count). The van der Waals surface area contributed by atoms with Crippen molar-refractivity contribution in [1.29, 1.82) is 0 Å². The summed E-state index contributed by atoms with van der Waals surface area (Å²) >= 11 is 0. The van der Waals surface area contributed by atoms with E-state index in [-0.39, 0.29) is 26.4 Å². The molecular formula is C33H60O10. The summed E-state index contributed by atoms with van der Waals surface area (Å²) in [6.07, 6.45) is 10.1. The molecule has 0 saturated carbocycles. The van der Waals surface area contributed by atoms with Gasteiger partial charge in [-0.3, -0.25) is 0 Å². The maximum Gasteiger partial charge on any atom is 0.119 e. The van der Waals surface area contributed by atoms with Gasteiger partial charge in [-0.15, -0.1) is 0 Å². The van der Waals surface area contributed by atoms with Crippen molar-refractivity contribution in [1.82, 2.24) is 0 Å². The highest BCUT2D eigenvalue weighted by atomic mass is 16.6. The number of hydrogen-bond donors (Lipinski definition) is 1. The molecule has 1 aromatic rings. The molecule has 0 atom stereocenters. The number of hydrogen-bond acceptors (Lipinski definition) is 10. The van der Waals surface area contributed by atoms with Crippen LogP contribution in [0.25, 0.3) is 0 Å². The normalized spacial score (nSPS) is 12.4. The smallest absolute Gasteiger partial charge is 0.119 e. The first-order valence-electron chi connectivity index (χ1n) is 17.1. The SMILES string of the molecule is [2H]C([2H])(COc1ccc(CCCCCCCCC)cc1)OCCOCCOCCOCCOCCOCCOCCOCCO. The Morgan fingerprint density at radius 1 is 0.488 bits per heavy atom. The van der Waals surface area contributed by atoms with Gasteiger partial charge in [0.2, 0.25) is 0 Å². The van der Waals surface area contributed by atoms with E-state index in [9.17, 15) is 0 Å². The predicted molar refractivity (Wildman–Crippen MR) is 167 cm³/mol. The molecular weight excluding hydrogens is 556 g/mol. The predicted octanol–water partition coefficient (Wildman–Crippen LogP) is 4.48. The molecule has 0 bridgehead atoms. The first kappa shape index (κ1) is 36.1. The van der Waals surface area contributed by atoms with Gasteiger partial charge >= 0.3 is 0 Å². The van der Waals surface area contributed by atoms with Crippen LogP contribution in [0.1, 0.15) is 60.2 Å². The summed E-state index contributed by atoms with van der Waals surface area (Å²) in [4.78, 5) is 0. The maximum absolute atomic E-state index is 8.58. The van der Waals surface area contributed by atoms with Crippen LogP contribution in [0.5, 0.6) is 5.75 Å². The Morgan fingerprint density at radius 2 is 0.884 bits per heavy atom. The zero-order chi connectivity index (χ0) is 32.5. The highest BCUT2D eigenvalue weighted by Crippen LogP contribution is 2.15. The van der Waals surface area contributed by atoms with Gasteiger partial charge in [0.25, 0.3) is 0 Å². The molecule has 0 fully saturated rings. The molecule has 0 aliphatic heterocycles. The maximum atomic E-state index is 8.58. The Balaban J connectivity index is 1.85. The second kappa shape index (κ2) is 33.6. The minimum Gasteiger partial charge on any atom is -0.491 e. The lowest BCUT2D eigenvalue weighted by atomic mass is 10.0. The molecule has 1 aromatic carbocycles. The molecule has 252 valence electrons. The van der Waals surface area contributed by atoms with Gasteiger partial charge in [0.05, 0.1) is 115 Å². The molecule has 0 aromatic heterocycles. The standard InChI is InChI=1S/C33H60O10/c1-2-3-4-5-6-7-8-9-32-10-12-33(13-11-32)43-31-30-42-29-28-41-27-26-40-25-24-39-23-22-38-21-20-37-19-18-36-17-16-35-15-14-34/h10-13,34H,2-9,14-31H2,1H3/i30D2. The van der Waals surface area contributed by atoms with Gasteiger partial charge in [-0.25, -0.2) is 0 Å². The molecule has 0 spiro atoms. The topological polar surface area (TPSA) is 103 Å². The van der Waals surface area contributed by atoms with Crippen molar-refractivity contribution in [3.05, 3.63) is 29.8 Å². The third kappa shape index (κ3) is 29.1. The molecule has 1 N–H and O–H groups in total. The summed E-state index contributed by atoms with van der Waals surface area (Å²) in [5, 5.41) is 8.58. The van der Waals surface area contributed by atoms with Crippen LogP contribution in [-0.4, -0.2) is 124 Å². The summed E-state index contributed by atoms with van der Waals surface area (Å²) in [6, 6.07) is 7.90. The quantitative estimate of drug-likeness (QED) is 0.110. The Kier molecular flexibility index (Phi) is 28.2. The van der Waals surface area contributed by atoms with Gasteiger partial charge in [-0.05, 0) is 30.5 Å². The van der Waals surface area contributed by atoms with Crippen LogP contribution in [0, 0.1) is 0 Å². The largest absolute Gasteiger partial charge is 0.491 e. The fraction of sp³-hybridized carbons (Fsp3) is 0.818. The first-order valence-corrected chi connectivity index (χ1v) is 16.1. The second-order valence-corrected chi connectivity index (χ2v) is 9.81. The van der Waals surface area contributed by atoms with Gasteiger partial charge in [0, 0.05) is 0 Å². The summed E-state index contributed by atoms with van der Waals surface area (Å²) in [6.45, 7) is 6.47. The lowest BCUT2D eigenvalue weighted by molar-refractivity contribution is -0.0242. The van der Waals surface area contributed by atoms with Gasteiger partial charge in [-0.1, -0.05) is 57.6 Å². The second-order valence-electron chi connectivity index (χ2n) is 9.81. The van der Waals surface area contributed by atoms with Crippen LogP contribution >= 0.6 is 0 Å². The molecule has 0 unspecified atom stereocenters. The van der Waals surface area contributed by atoms with E-state index in [2.05, 4.69) is 19.1 Å². The third-order valence-electron chi connectivity index (χ3n) is 6.19. The van der Waals surface area contributed by atoms with E-state index in [1.165, 1.54) is 50.5 Å². The lowest BCUT2D eigenvalue weighted by Crippen LogP contribution is -2.15. The first-order chi connectivity index (χ1) is 22.1. The van der Waals surface area contributed by atoms with Crippen molar-refractivity contribution >= 4 is 0 Å². The van der Waals surface area contributed by atoms with Gasteiger partial charge in [-0.2, -0.15) is 0 Å². The van der Waals surface area contributed by atoms with E-state index in [0.29, 0.717) is 91.6 Å².